The summed E-state index contributed by atoms with van der Waals surface area (Å²) < 4.78 is 0. The van der Waals surface area contributed by atoms with Gasteiger partial charge in [0.1, 0.15) is 11.6 Å². The SMILES string of the molecule is CC(Nc1cnc(N)cn1)c1cn[nH]c1. The summed E-state index contributed by atoms with van der Waals surface area (Å²) in [7, 11) is 0. The Balaban J connectivity index is 2.06. The first-order valence-electron chi connectivity index (χ1n) is 4.58. The van der Waals surface area contributed by atoms with Crippen LogP contribution in [0, 0.1) is 0 Å². The Morgan fingerprint density at radius 3 is 2.80 bits per heavy atom. The summed E-state index contributed by atoms with van der Waals surface area (Å²) in [5.74, 6) is 1.11. The molecule has 1 atom stereocenters. The maximum absolute atomic E-state index is 5.44. The molecule has 0 saturated heterocycles. The monoisotopic (exact) mass is 204 g/mol. The van der Waals surface area contributed by atoms with Crippen LogP contribution < -0.4 is 11.1 Å². The highest BCUT2D eigenvalue weighted by Crippen LogP contribution is 2.15. The van der Waals surface area contributed by atoms with Crippen LogP contribution in [0.25, 0.3) is 0 Å². The topological polar surface area (TPSA) is 92.5 Å². The van der Waals surface area contributed by atoms with E-state index in [1.54, 1.807) is 12.4 Å². The molecule has 6 heteroatoms. The molecule has 0 saturated carbocycles. The lowest BCUT2D eigenvalue weighted by molar-refractivity contribution is 0.873. The molecule has 2 aromatic rings. The minimum atomic E-state index is 0.127. The maximum Gasteiger partial charge on any atom is 0.145 e. The standard InChI is InChI=1S/C9H12N6/c1-6(7-2-13-14-3-7)15-9-5-11-8(10)4-12-9/h2-6H,1H3,(H2,10,11)(H,12,15)(H,13,14). The van der Waals surface area contributed by atoms with Crippen LogP contribution in [-0.4, -0.2) is 20.2 Å². The van der Waals surface area contributed by atoms with Crippen LogP contribution in [0.5, 0.6) is 0 Å². The average molecular weight is 204 g/mol. The first-order chi connectivity index (χ1) is 7.25. The van der Waals surface area contributed by atoms with Gasteiger partial charge in [-0.05, 0) is 6.92 Å². The van der Waals surface area contributed by atoms with Crippen LogP contribution in [0.2, 0.25) is 0 Å². The number of aromatic amines is 1. The molecule has 0 aliphatic heterocycles. The van der Waals surface area contributed by atoms with Gasteiger partial charge in [0, 0.05) is 11.8 Å². The van der Waals surface area contributed by atoms with Gasteiger partial charge in [-0.25, -0.2) is 9.97 Å². The number of hydrogen-bond donors (Lipinski definition) is 3. The predicted octanol–water partition coefficient (Wildman–Crippen LogP) is 0.955. The van der Waals surface area contributed by atoms with E-state index in [1.807, 2.05) is 13.1 Å². The Kier molecular flexibility index (Phi) is 2.49. The van der Waals surface area contributed by atoms with Crippen molar-refractivity contribution in [3.63, 3.8) is 0 Å². The van der Waals surface area contributed by atoms with Gasteiger partial charge in [-0.15, -0.1) is 0 Å². The van der Waals surface area contributed by atoms with E-state index in [0.29, 0.717) is 11.6 Å². The summed E-state index contributed by atoms with van der Waals surface area (Å²) in [6.45, 7) is 2.02. The van der Waals surface area contributed by atoms with Crippen molar-refractivity contribution in [3.05, 3.63) is 30.4 Å². The Hall–Kier alpha value is -2.11. The van der Waals surface area contributed by atoms with Crippen LogP contribution in [0.3, 0.4) is 0 Å². The molecule has 2 heterocycles. The fourth-order valence-electron chi connectivity index (χ4n) is 1.22. The van der Waals surface area contributed by atoms with Gasteiger partial charge in [-0.3, -0.25) is 5.10 Å². The van der Waals surface area contributed by atoms with Crippen molar-refractivity contribution in [1.29, 1.82) is 0 Å². The molecule has 0 radical (unpaired) electrons. The van der Waals surface area contributed by atoms with Crippen LogP contribution in [-0.2, 0) is 0 Å². The van der Waals surface area contributed by atoms with E-state index in [0.717, 1.165) is 5.56 Å². The van der Waals surface area contributed by atoms with Gasteiger partial charge in [0.25, 0.3) is 0 Å². The van der Waals surface area contributed by atoms with Gasteiger partial charge in [-0.2, -0.15) is 5.10 Å². The first kappa shape index (κ1) is 9.45. The van der Waals surface area contributed by atoms with Crippen molar-refractivity contribution in [2.75, 3.05) is 11.1 Å². The molecule has 2 aromatic heterocycles. The zero-order valence-corrected chi connectivity index (χ0v) is 8.31. The summed E-state index contributed by atoms with van der Waals surface area (Å²) in [6, 6.07) is 0.127. The Labute approximate surface area is 86.9 Å². The predicted molar refractivity (Wildman–Crippen MR) is 57.1 cm³/mol. The van der Waals surface area contributed by atoms with Crippen molar-refractivity contribution >= 4 is 11.6 Å². The second-order valence-electron chi connectivity index (χ2n) is 3.22. The van der Waals surface area contributed by atoms with Gasteiger partial charge in [0.2, 0.25) is 0 Å². The van der Waals surface area contributed by atoms with Crippen LogP contribution in [0.1, 0.15) is 18.5 Å². The van der Waals surface area contributed by atoms with E-state index < -0.39 is 0 Å². The third-order valence-electron chi connectivity index (χ3n) is 2.06. The molecule has 0 amide bonds. The van der Waals surface area contributed by atoms with Gasteiger partial charge in [0.05, 0.1) is 24.6 Å². The average Bonchev–Trinajstić information content (AvgIpc) is 2.74. The molecule has 1 unspecified atom stereocenters. The molecule has 0 aliphatic carbocycles. The quantitative estimate of drug-likeness (QED) is 0.692. The van der Waals surface area contributed by atoms with Crippen molar-refractivity contribution < 1.29 is 0 Å². The summed E-state index contributed by atoms with van der Waals surface area (Å²) in [5.41, 5.74) is 6.50. The van der Waals surface area contributed by atoms with E-state index in [9.17, 15) is 0 Å². The zero-order chi connectivity index (χ0) is 10.7. The maximum atomic E-state index is 5.44. The van der Waals surface area contributed by atoms with Crippen LogP contribution in [0.15, 0.2) is 24.8 Å². The number of H-pyrrole nitrogens is 1. The number of anilines is 2. The van der Waals surface area contributed by atoms with E-state index in [2.05, 4.69) is 25.5 Å². The smallest absolute Gasteiger partial charge is 0.145 e. The summed E-state index contributed by atoms with van der Waals surface area (Å²) >= 11 is 0. The molecule has 0 spiro atoms. The van der Waals surface area contributed by atoms with Crippen molar-refractivity contribution in [2.24, 2.45) is 0 Å². The van der Waals surface area contributed by atoms with E-state index >= 15 is 0 Å². The van der Waals surface area contributed by atoms with Crippen molar-refractivity contribution in [3.8, 4) is 0 Å². The lowest BCUT2D eigenvalue weighted by Gasteiger charge is -2.11. The highest BCUT2D eigenvalue weighted by atomic mass is 15.1. The van der Waals surface area contributed by atoms with Crippen LogP contribution in [0.4, 0.5) is 11.6 Å². The third kappa shape index (κ3) is 2.22. The van der Waals surface area contributed by atoms with E-state index in [4.69, 9.17) is 5.73 Å². The van der Waals surface area contributed by atoms with Gasteiger partial charge >= 0.3 is 0 Å². The number of nitrogens with zero attached hydrogens (tertiary/aromatic N) is 3. The minimum Gasteiger partial charge on any atom is -0.382 e. The van der Waals surface area contributed by atoms with Gasteiger partial charge in [0.15, 0.2) is 0 Å². The third-order valence-corrected chi connectivity index (χ3v) is 2.06. The van der Waals surface area contributed by atoms with E-state index in [1.165, 1.54) is 6.20 Å². The van der Waals surface area contributed by atoms with Gasteiger partial charge < -0.3 is 11.1 Å². The van der Waals surface area contributed by atoms with Crippen molar-refractivity contribution in [2.45, 2.75) is 13.0 Å². The highest BCUT2D eigenvalue weighted by molar-refractivity contribution is 5.38. The Bertz CT molecular complexity index is 407. The second kappa shape index (κ2) is 3.95. The zero-order valence-electron chi connectivity index (χ0n) is 8.31. The molecule has 78 valence electrons. The van der Waals surface area contributed by atoms with E-state index in [-0.39, 0.29) is 6.04 Å². The lowest BCUT2D eigenvalue weighted by Crippen LogP contribution is -2.07. The molecule has 6 nitrogen and oxygen atoms in total. The molecule has 15 heavy (non-hydrogen) atoms. The largest absolute Gasteiger partial charge is 0.382 e. The molecule has 2 rings (SSSR count). The molecule has 0 aromatic carbocycles. The number of nitrogens with one attached hydrogen (secondary N) is 2. The summed E-state index contributed by atoms with van der Waals surface area (Å²) in [5, 5.41) is 9.82. The molecule has 0 aliphatic rings. The number of nitrogens with two attached hydrogens (primary N) is 1. The lowest BCUT2D eigenvalue weighted by atomic mass is 10.2. The Morgan fingerprint density at radius 1 is 1.33 bits per heavy atom. The number of nitrogen functional groups attached to an aromatic ring is 1. The molecule has 4 N–H and O–H groups in total. The Morgan fingerprint density at radius 2 is 2.20 bits per heavy atom. The number of rotatable bonds is 3. The number of hydrogen-bond acceptors (Lipinski definition) is 5. The fraction of sp³-hybridized carbons (Fsp3) is 0.222. The number of aromatic nitrogens is 4. The van der Waals surface area contributed by atoms with Crippen molar-refractivity contribution in [1.82, 2.24) is 20.2 Å². The summed E-state index contributed by atoms with van der Waals surface area (Å²) in [4.78, 5) is 8.04. The molecule has 0 fully saturated rings. The van der Waals surface area contributed by atoms with Gasteiger partial charge in [-0.1, -0.05) is 0 Å². The highest BCUT2D eigenvalue weighted by Gasteiger charge is 2.06. The molecular weight excluding hydrogens is 192 g/mol. The summed E-state index contributed by atoms with van der Waals surface area (Å²) in [6.07, 6.45) is 6.72. The normalized spacial score (nSPS) is 12.3. The second-order valence-corrected chi connectivity index (χ2v) is 3.22. The van der Waals surface area contributed by atoms with Crippen LogP contribution >= 0.6 is 0 Å². The first-order valence-corrected chi connectivity index (χ1v) is 4.58. The molecule has 0 bridgehead atoms. The molecular formula is C9H12N6. The fourth-order valence-corrected chi connectivity index (χ4v) is 1.22. The minimum absolute atomic E-state index is 0.127.